The van der Waals surface area contributed by atoms with Gasteiger partial charge in [0, 0.05) is 18.7 Å². The summed E-state index contributed by atoms with van der Waals surface area (Å²) in [5.41, 5.74) is -0.986. The standard InChI is InChI=1S/C16H17FN4O4/c1-9(22)19-13-6-10(4-5-12(13)17)14(23)20-11-7-18-21(8-11)16(2,3)15(24)25/h4-8H,1-3H3,(H,19,22)(H,20,23)(H,24,25). The van der Waals surface area contributed by atoms with Gasteiger partial charge in [-0.1, -0.05) is 0 Å². The lowest BCUT2D eigenvalue weighted by atomic mass is 10.1. The van der Waals surface area contributed by atoms with Gasteiger partial charge in [-0.25, -0.2) is 9.18 Å². The van der Waals surface area contributed by atoms with Crippen LogP contribution in [0, 0.1) is 5.82 Å². The van der Waals surface area contributed by atoms with Gasteiger partial charge in [0.05, 0.1) is 17.6 Å². The predicted molar refractivity (Wildman–Crippen MR) is 87.8 cm³/mol. The molecule has 0 radical (unpaired) electrons. The van der Waals surface area contributed by atoms with E-state index in [1.807, 2.05) is 0 Å². The molecule has 3 N–H and O–H groups in total. The number of hydrogen-bond acceptors (Lipinski definition) is 4. The molecule has 1 aromatic heterocycles. The third-order valence-corrected chi connectivity index (χ3v) is 3.48. The van der Waals surface area contributed by atoms with E-state index < -0.39 is 29.1 Å². The van der Waals surface area contributed by atoms with E-state index in [1.54, 1.807) is 0 Å². The SMILES string of the molecule is CC(=O)Nc1cc(C(=O)Nc2cnn(C(C)(C)C(=O)O)c2)ccc1F. The van der Waals surface area contributed by atoms with Crippen LogP contribution in [0.1, 0.15) is 31.1 Å². The van der Waals surface area contributed by atoms with Crippen molar-refractivity contribution in [2.45, 2.75) is 26.3 Å². The molecule has 8 nitrogen and oxygen atoms in total. The summed E-state index contributed by atoms with van der Waals surface area (Å²) >= 11 is 0. The molecule has 0 bridgehead atoms. The average Bonchev–Trinajstić information content (AvgIpc) is 2.98. The molecule has 25 heavy (non-hydrogen) atoms. The molecule has 2 aromatic rings. The molecule has 1 heterocycles. The molecule has 1 aromatic carbocycles. The number of carbonyl (C=O) groups excluding carboxylic acids is 2. The molecule has 2 amide bonds. The number of nitrogens with zero attached hydrogens (tertiary/aromatic N) is 2. The lowest BCUT2D eigenvalue weighted by molar-refractivity contribution is -0.146. The Morgan fingerprint density at radius 2 is 1.92 bits per heavy atom. The van der Waals surface area contributed by atoms with Crippen molar-refractivity contribution in [1.29, 1.82) is 0 Å². The summed E-state index contributed by atoms with van der Waals surface area (Å²) in [4.78, 5) is 34.5. The first-order chi connectivity index (χ1) is 11.6. The summed E-state index contributed by atoms with van der Waals surface area (Å²) in [6, 6.07) is 3.54. The van der Waals surface area contributed by atoms with E-state index in [9.17, 15) is 23.9 Å². The van der Waals surface area contributed by atoms with E-state index in [0.717, 1.165) is 6.07 Å². The van der Waals surface area contributed by atoms with Gasteiger partial charge in [0.15, 0.2) is 5.54 Å². The number of hydrogen-bond donors (Lipinski definition) is 3. The van der Waals surface area contributed by atoms with Gasteiger partial charge in [0.25, 0.3) is 5.91 Å². The minimum absolute atomic E-state index is 0.108. The smallest absolute Gasteiger partial charge is 0.331 e. The largest absolute Gasteiger partial charge is 0.479 e. The van der Waals surface area contributed by atoms with Crippen molar-refractivity contribution in [1.82, 2.24) is 9.78 Å². The quantitative estimate of drug-likeness (QED) is 0.765. The van der Waals surface area contributed by atoms with E-state index in [0.29, 0.717) is 0 Å². The van der Waals surface area contributed by atoms with Crippen LogP contribution in [0.3, 0.4) is 0 Å². The number of halogens is 1. The second-order valence-electron chi connectivity index (χ2n) is 5.87. The third-order valence-electron chi connectivity index (χ3n) is 3.48. The molecular formula is C16H17FN4O4. The zero-order valence-electron chi connectivity index (χ0n) is 13.8. The summed E-state index contributed by atoms with van der Waals surface area (Å²) in [5, 5.41) is 17.9. The van der Waals surface area contributed by atoms with E-state index >= 15 is 0 Å². The topological polar surface area (TPSA) is 113 Å². The normalized spacial score (nSPS) is 11.0. The Hall–Kier alpha value is -3.23. The van der Waals surface area contributed by atoms with Crippen molar-refractivity contribution in [3.63, 3.8) is 0 Å². The van der Waals surface area contributed by atoms with Gasteiger partial charge < -0.3 is 15.7 Å². The Morgan fingerprint density at radius 1 is 1.24 bits per heavy atom. The number of rotatable bonds is 5. The fraction of sp³-hybridized carbons (Fsp3) is 0.250. The van der Waals surface area contributed by atoms with Crippen LogP contribution in [0.2, 0.25) is 0 Å². The number of amides is 2. The Labute approximate surface area is 142 Å². The van der Waals surface area contributed by atoms with Gasteiger partial charge in [0.2, 0.25) is 5.91 Å². The fourth-order valence-electron chi connectivity index (χ4n) is 1.95. The van der Waals surface area contributed by atoms with Crippen molar-refractivity contribution in [3.05, 3.63) is 42.0 Å². The van der Waals surface area contributed by atoms with Crippen molar-refractivity contribution in [3.8, 4) is 0 Å². The minimum atomic E-state index is -1.28. The zero-order valence-corrected chi connectivity index (χ0v) is 13.8. The molecule has 0 spiro atoms. The minimum Gasteiger partial charge on any atom is -0.479 e. The summed E-state index contributed by atoms with van der Waals surface area (Å²) in [6.45, 7) is 4.16. The van der Waals surface area contributed by atoms with Gasteiger partial charge >= 0.3 is 5.97 Å². The van der Waals surface area contributed by atoms with Gasteiger partial charge in [-0.2, -0.15) is 5.10 Å². The predicted octanol–water partition coefficient (Wildman–Crippen LogP) is 2.05. The van der Waals surface area contributed by atoms with Crippen LogP contribution < -0.4 is 10.6 Å². The monoisotopic (exact) mass is 348 g/mol. The van der Waals surface area contributed by atoms with Crippen LogP contribution in [0.25, 0.3) is 0 Å². The molecular weight excluding hydrogens is 331 g/mol. The van der Waals surface area contributed by atoms with Crippen LogP contribution in [0.4, 0.5) is 15.8 Å². The molecule has 0 saturated carbocycles. The van der Waals surface area contributed by atoms with Crippen LogP contribution in [0.5, 0.6) is 0 Å². The highest BCUT2D eigenvalue weighted by atomic mass is 19.1. The highest BCUT2D eigenvalue weighted by Crippen LogP contribution is 2.20. The van der Waals surface area contributed by atoms with E-state index in [2.05, 4.69) is 15.7 Å². The summed E-state index contributed by atoms with van der Waals surface area (Å²) in [6.07, 6.45) is 2.69. The maximum atomic E-state index is 13.6. The van der Waals surface area contributed by atoms with Crippen molar-refractivity contribution < 1.29 is 23.9 Å². The molecule has 132 valence electrons. The third kappa shape index (κ3) is 4.00. The lowest BCUT2D eigenvalue weighted by Crippen LogP contribution is -2.35. The number of aliphatic carboxylic acids is 1. The second-order valence-corrected chi connectivity index (χ2v) is 5.87. The number of carboxylic acid groups (broad SMARTS) is 1. The van der Waals surface area contributed by atoms with Gasteiger partial charge in [-0.05, 0) is 32.0 Å². The Balaban J connectivity index is 2.19. The highest BCUT2D eigenvalue weighted by Gasteiger charge is 2.30. The number of benzene rings is 1. The number of anilines is 2. The van der Waals surface area contributed by atoms with E-state index in [1.165, 1.54) is 50.0 Å². The van der Waals surface area contributed by atoms with Crippen LogP contribution in [-0.2, 0) is 15.1 Å². The van der Waals surface area contributed by atoms with Crippen LogP contribution >= 0.6 is 0 Å². The first kappa shape index (κ1) is 18.1. The molecule has 0 unspecified atom stereocenters. The van der Waals surface area contributed by atoms with E-state index in [-0.39, 0.29) is 16.9 Å². The number of nitrogens with one attached hydrogen (secondary N) is 2. The average molecular weight is 348 g/mol. The Morgan fingerprint density at radius 3 is 2.52 bits per heavy atom. The molecule has 0 aliphatic rings. The van der Waals surface area contributed by atoms with Crippen molar-refractivity contribution >= 4 is 29.2 Å². The molecule has 0 aliphatic heterocycles. The molecule has 2 rings (SSSR count). The molecule has 0 fully saturated rings. The number of aromatic nitrogens is 2. The second kappa shape index (κ2) is 6.71. The maximum Gasteiger partial charge on any atom is 0.331 e. The van der Waals surface area contributed by atoms with Crippen molar-refractivity contribution in [2.24, 2.45) is 0 Å². The Kier molecular flexibility index (Phi) is 4.87. The maximum absolute atomic E-state index is 13.6. The zero-order chi connectivity index (χ0) is 18.8. The molecule has 0 saturated heterocycles. The van der Waals surface area contributed by atoms with E-state index in [4.69, 9.17) is 0 Å². The first-order valence-corrected chi connectivity index (χ1v) is 7.28. The molecule has 0 aliphatic carbocycles. The number of carbonyl (C=O) groups is 3. The summed E-state index contributed by atoms with van der Waals surface area (Å²) < 4.78 is 14.8. The van der Waals surface area contributed by atoms with Crippen LogP contribution in [0.15, 0.2) is 30.6 Å². The first-order valence-electron chi connectivity index (χ1n) is 7.28. The van der Waals surface area contributed by atoms with Crippen LogP contribution in [-0.4, -0.2) is 32.7 Å². The number of carboxylic acids is 1. The Bertz CT molecular complexity index is 844. The molecule has 9 heteroatoms. The van der Waals surface area contributed by atoms with Gasteiger partial charge in [-0.3, -0.25) is 14.3 Å². The molecule has 0 atom stereocenters. The fourth-order valence-corrected chi connectivity index (χ4v) is 1.95. The lowest BCUT2D eigenvalue weighted by Gasteiger charge is -2.19. The van der Waals surface area contributed by atoms with Crippen molar-refractivity contribution in [2.75, 3.05) is 10.6 Å². The summed E-state index contributed by atoms with van der Waals surface area (Å²) in [7, 11) is 0. The van der Waals surface area contributed by atoms with Gasteiger partial charge in [-0.15, -0.1) is 0 Å². The summed E-state index contributed by atoms with van der Waals surface area (Å²) in [5.74, 6) is -2.76. The highest BCUT2D eigenvalue weighted by molar-refractivity contribution is 6.05. The van der Waals surface area contributed by atoms with Gasteiger partial charge in [0.1, 0.15) is 5.82 Å².